The summed E-state index contributed by atoms with van der Waals surface area (Å²) in [4.78, 5) is 37.2. The van der Waals surface area contributed by atoms with Crippen LogP contribution in [0.4, 0.5) is 0 Å². The van der Waals surface area contributed by atoms with Gasteiger partial charge in [-0.1, -0.05) is 18.2 Å². The van der Waals surface area contributed by atoms with Crippen molar-refractivity contribution in [1.29, 1.82) is 0 Å². The predicted octanol–water partition coefficient (Wildman–Crippen LogP) is 2.12. The SMILES string of the molecule is CC(=O)N1CCCC1c1ncc2c(n1)CCN(C(=O)COc1ccccc1)C2. The number of fused-ring (bicyclic) bond motifs is 1. The number of para-hydroxylation sites is 1. The van der Waals surface area contributed by atoms with E-state index < -0.39 is 0 Å². The van der Waals surface area contributed by atoms with Crippen molar-refractivity contribution in [2.24, 2.45) is 0 Å². The molecule has 0 saturated carbocycles. The van der Waals surface area contributed by atoms with Gasteiger partial charge in [-0.2, -0.15) is 0 Å². The van der Waals surface area contributed by atoms with Crippen LogP contribution < -0.4 is 4.74 Å². The van der Waals surface area contributed by atoms with Crippen molar-refractivity contribution < 1.29 is 14.3 Å². The van der Waals surface area contributed by atoms with Gasteiger partial charge in [0, 0.05) is 44.7 Å². The van der Waals surface area contributed by atoms with Crippen LogP contribution in [-0.2, 0) is 22.6 Å². The van der Waals surface area contributed by atoms with Gasteiger partial charge in [-0.3, -0.25) is 9.59 Å². The first kappa shape index (κ1) is 18.4. The molecule has 0 aliphatic carbocycles. The minimum absolute atomic E-state index is 0.0218. The summed E-state index contributed by atoms with van der Waals surface area (Å²) < 4.78 is 5.57. The molecule has 0 spiro atoms. The average Bonchev–Trinajstić information content (AvgIpc) is 3.22. The molecule has 0 N–H and O–H groups in total. The van der Waals surface area contributed by atoms with E-state index in [0.29, 0.717) is 25.3 Å². The largest absolute Gasteiger partial charge is 0.484 e. The van der Waals surface area contributed by atoms with Crippen LogP contribution in [0.25, 0.3) is 0 Å². The number of aromatic nitrogens is 2. The summed E-state index contributed by atoms with van der Waals surface area (Å²) in [6, 6.07) is 9.31. The van der Waals surface area contributed by atoms with Gasteiger partial charge in [-0.15, -0.1) is 0 Å². The Labute approximate surface area is 164 Å². The van der Waals surface area contributed by atoms with E-state index in [-0.39, 0.29) is 24.5 Å². The van der Waals surface area contributed by atoms with E-state index in [1.165, 1.54) is 0 Å². The molecule has 2 aliphatic heterocycles. The summed E-state index contributed by atoms with van der Waals surface area (Å²) >= 11 is 0. The zero-order chi connectivity index (χ0) is 19.5. The topological polar surface area (TPSA) is 75.6 Å². The summed E-state index contributed by atoms with van der Waals surface area (Å²) in [5, 5.41) is 0. The minimum atomic E-state index is -0.0443. The van der Waals surface area contributed by atoms with Crippen LogP contribution in [0.1, 0.15) is 42.9 Å². The molecule has 28 heavy (non-hydrogen) atoms. The third kappa shape index (κ3) is 3.83. The molecule has 7 heteroatoms. The molecule has 2 aliphatic rings. The number of carbonyl (C=O) groups is 2. The zero-order valence-corrected chi connectivity index (χ0v) is 16.0. The Morgan fingerprint density at radius 3 is 2.82 bits per heavy atom. The lowest BCUT2D eigenvalue weighted by atomic mass is 10.1. The summed E-state index contributed by atoms with van der Waals surface area (Å²) in [6.45, 7) is 3.49. The van der Waals surface area contributed by atoms with Gasteiger partial charge in [0.25, 0.3) is 5.91 Å². The third-order valence-electron chi connectivity index (χ3n) is 5.37. The lowest BCUT2D eigenvalue weighted by Gasteiger charge is -2.29. The number of rotatable bonds is 4. The molecule has 3 heterocycles. The Bertz CT molecular complexity index is 871. The Kier molecular flexibility index (Phi) is 5.23. The van der Waals surface area contributed by atoms with Crippen LogP contribution in [0.3, 0.4) is 0 Å². The molecule has 7 nitrogen and oxygen atoms in total. The number of nitrogens with zero attached hydrogens (tertiary/aromatic N) is 4. The van der Waals surface area contributed by atoms with Gasteiger partial charge < -0.3 is 14.5 Å². The molecule has 1 saturated heterocycles. The van der Waals surface area contributed by atoms with Gasteiger partial charge in [-0.05, 0) is 25.0 Å². The highest BCUT2D eigenvalue weighted by molar-refractivity contribution is 5.78. The Hall–Kier alpha value is -2.96. The van der Waals surface area contributed by atoms with Crippen molar-refractivity contribution in [2.45, 2.75) is 38.8 Å². The van der Waals surface area contributed by atoms with Gasteiger partial charge >= 0.3 is 0 Å². The van der Waals surface area contributed by atoms with E-state index in [0.717, 1.165) is 36.5 Å². The molecular weight excluding hydrogens is 356 g/mol. The quantitative estimate of drug-likeness (QED) is 0.812. The Morgan fingerprint density at radius 1 is 1.21 bits per heavy atom. The van der Waals surface area contributed by atoms with E-state index >= 15 is 0 Å². The van der Waals surface area contributed by atoms with Crippen LogP contribution in [0.5, 0.6) is 5.75 Å². The predicted molar refractivity (Wildman–Crippen MR) is 102 cm³/mol. The summed E-state index contributed by atoms with van der Waals surface area (Å²) in [7, 11) is 0. The first-order valence-corrected chi connectivity index (χ1v) is 9.69. The fourth-order valence-corrected chi connectivity index (χ4v) is 3.87. The van der Waals surface area contributed by atoms with Gasteiger partial charge in [0.05, 0.1) is 11.7 Å². The van der Waals surface area contributed by atoms with Crippen LogP contribution in [0.15, 0.2) is 36.5 Å². The van der Waals surface area contributed by atoms with E-state index in [2.05, 4.69) is 4.98 Å². The molecule has 1 unspecified atom stereocenters. The van der Waals surface area contributed by atoms with Gasteiger partial charge in [0.2, 0.25) is 5.91 Å². The Morgan fingerprint density at radius 2 is 2.04 bits per heavy atom. The van der Waals surface area contributed by atoms with E-state index in [9.17, 15) is 9.59 Å². The van der Waals surface area contributed by atoms with Crippen molar-refractivity contribution in [2.75, 3.05) is 19.7 Å². The lowest BCUT2D eigenvalue weighted by molar-refractivity contribution is -0.134. The Balaban J connectivity index is 1.40. The second kappa shape index (κ2) is 7.96. The number of benzene rings is 1. The number of hydrogen-bond donors (Lipinski definition) is 0. The van der Waals surface area contributed by atoms with E-state index in [1.807, 2.05) is 41.4 Å². The molecular formula is C21H24N4O3. The normalized spacial score (nSPS) is 18.7. The third-order valence-corrected chi connectivity index (χ3v) is 5.37. The van der Waals surface area contributed by atoms with Gasteiger partial charge in [0.1, 0.15) is 5.75 Å². The number of carbonyl (C=O) groups excluding carboxylic acids is 2. The monoisotopic (exact) mass is 380 g/mol. The second-order valence-corrected chi connectivity index (χ2v) is 7.24. The summed E-state index contributed by atoms with van der Waals surface area (Å²) in [6.07, 6.45) is 4.38. The van der Waals surface area contributed by atoms with Crippen molar-refractivity contribution >= 4 is 11.8 Å². The first-order chi connectivity index (χ1) is 13.6. The van der Waals surface area contributed by atoms with Crippen molar-refractivity contribution in [3.05, 3.63) is 53.6 Å². The number of amides is 2. The van der Waals surface area contributed by atoms with Gasteiger partial charge in [0.15, 0.2) is 12.4 Å². The maximum atomic E-state index is 12.5. The highest BCUT2D eigenvalue weighted by Gasteiger charge is 2.31. The van der Waals surface area contributed by atoms with Crippen LogP contribution in [0.2, 0.25) is 0 Å². The highest BCUT2D eigenvalue weighted by Crippen LogP contribution is 2.30. The lowest BCUT2D eigenvalue weighted by Crippen LogP contribution is -2.39. The van der Waals surface area contributed by atoms with E-state index in [4.69, 9.17) is 9.72 Å². The summed E-state index contributed by atoms with van der Waals surface area (Å²) in [5.74, 6) is 1.43. The van der Waals surface area contributed by atoms with E-state index in [1.54, 1.807) is 11.8 Å². The van der Waals surface area contributed by atoms with Crippen molar-refractivity contribution in [3.63, 3.8) is 0 Å². The van der Waals surface area contributed by atoms with Crippen LogP contribution >= 0.6 is 0 Å². The molecule has 4 rings (SSSR count). The zero-order valence-electron chi connectivity index (χ0n) is 16.0. The summed E-state index contributed by atoms with van der Waals surface area (Å²) in [5.41, 5.74) is 1.95. The molecule has 146 valence electrons. The van der Waals surface area contributed by atoms with Crippen molar-refractivity contribution in [1.82, 2.24) is 19.8 Å². The maximum Gasteiger partial charge on any atom is 0.260 e. The number of ether oxygens (including phenoxy) is 1. The number of likely N-dealkylation sites (tertiary alicyclic amines) is 1. The average molecular weight is 380 g/mol. The molecule has 1 aromatic heterocycles. The minimum Gasteiger partial charge on any atom is -0.484 e. The molecule has 0 radical (unpaired) electrons. The smallest absolute Gasteiger partial charge is 0.260 e. The highest BCUT2D eigenvalue weighted by atomic mass is 16.5. The molecule has 2 aromatic rings. The number of hydrogen-bond acceptors (Lipinski definition) is 5. The molecule has 1 atom stereocenters. The molecule has 2 amide bonds. The van der Waals surface area contributed by atoms with Crippen LogP contribution in [0, 0.1) is 0 Å². The maximum absolute atomic E-state index is 12.5. The fourth-order valence-electron chi connectivity index (χ4n) is 3.87. The standard InChI is InChI=1S/C21H24N4O3/c1-15(26)25-10-5-8-19(25)21-22-12-16-13-24(11-9-18(16)23-21)20(27)14-28-17-6-3-2-4-7-17/h2-4,6-7,12,19H,5,8-11,13-14H2,1H3. The second-order valence-electron chi connectivity index (χ2n) is 7.24. The molecule has 1 aromatic carbocycles. The first-order valence-electron chi connectivity index (χ1n) is 9.69. The van der Waals surface area contributed by atoms with Crippen LogP contribution in [-0.4, -0.2) is 51.3 Å². The van der Waals surface area contributed by atoms with Crippen molar-refractivity contribution in [3.8, 4) is 5.75 Å². The molecule has 1 fully saturated rings. The van der Waals surface area contributed by atoms with Gasteiger partial charge in [-0.25, -0.2) is 9.97 Å². The fraction of sp³-hybridized carbons (Fsp3) is 0.429. The molecule has 0 bridgehead atoms.